The highest BCUT2D eigenvalue weighted by molar-refractivity contribution is 5.81. The van der Waals surface area contributed by atoms with Crippen LogP contribution in [0.4, 0.5) is 0 Å². The van der Waals surface area contributed by atoms with Gasteiger partial charge in [-0.1, -0.05) is 26.0 Å². The van der Waals surface area contributed by atoms with Gasteiger partial charge in [-0.25, -0.2) is 0 Å². The molecule has 0 saturated heterocycles. The van der Waals surface area contributed by atoms with Crippen LogP contribution in [0.3, 0.4) is 0 Å². The van der Waals surface area contributed by atoms with Crippen molar-refractivity contribution in [2.45, 2.75) is 26.0 Å². The van der Waals surface area contributed by atoms with Crippen molar-refractivity contribution in [2.24, 2.45) is 11.7 Å². The molecule has 1 aliphatic heterocycles. The third-order valence-corrected chi connectivity index (χ3v) is 3.42. The Kier molecular flexibility index (Phi) is 4.49. The predicted octanol–water partition coefficient (Wildman–Crippen LogP) is 1.27. The van der Waals surface area contributed by atoms with E-state index in [0.29, 0.717) is 13.2 Å². The minimum atomic E-state index is -0.475. The fraction of sp³-hybridized carbons (Fsp3) is 0.533. The number of carbonyl (C=O) groups is 1. The maximum Gasteiger partial charge on any atom is 0.239 e. The summed E-state index contributed by atoms with van der Waals surface area (Å²) in [4.78, 5) is 13.7. The zero-order chi connectivity index (χ0) is 14.7. The van der Waals surface area contributed by atoms with Crippen molar-refractivity contribution in [2.75, 3.05) is 20.2 Å². The number of rotatable bonds is 4. The summed E-state index contributed by atoms with van der Waals surface area (Å²) in [6.07, 6.45) is -0.168. The van der Waals surface area contributed by atoms with Gasteiger partial charge in [0.2, 0.25) is 5.91 Å². The number of nitrogens with zero attached hydrogens (tertiary/aromatic N) is 1. The second kappa shape index (κ2) is 6.13. The maximum atomic E-state index is 12.1. The third-order valence-electron chi connectivity index (χ3n) is 3.42. The fourth-order valence-corrected chi connectivity index (χ4v) is 2.09. The first-order valence-corrected chi connectivity index (χ1v) is 6.88. The number of para-hydroxylation sites is 2. The van der Waals surface area contributed by atoms with Gasteiger partial charge in [-0.05, 0) is 18.1 Å². The highest BCUT2D eigenvalue weighted by Crippen LogP contribution is 2.30. The van der Waals surface area contributed by atoms with E-state index in [1.807, 2.05) is 38.1 Å². The van der Waals surface area contributed by atoms with E-state index in [-0.39, 0.29) is 17.9 Å². The van der Waals surface area contributed by atoms with Crippen LogP contribution in [0.2, 0.25) is 0 Å². The van der Waals surface area contributed by atoms with Crippen LogP contribution in [-0.4, -0.2) is 43.2 Å². The van der Waals surface area contributed by atoms with Crippen molar-refractivity contribution in [3.8, 4) is 11.5 Å². The lowest BCUT2D eigenvalue weighted by molar-refractivity contribution is -0.133. The second-order valence-electron chi connectivity index (χ2n) is 5.49. The number of benzene rings is 1. The zero-order valence-corrected chi connectivity index (χ0v) is 12.2. The van der Waals surface area contributed by atoms with E-state index in [0.717, 1.165) is 11.5 Å². The molecule has 0 saturated carbocycles. The third kappa shape index (κ3) is 3.22. The minimum Gasteiger partial charge on any atom is -0.486 e. The second-order valence-corrected chi connectivity index (χ2v) is 5.49. The van der Waals surface area contributed by atoms with Crippen molar-refractivity contribution in [1.82, 2.24) is 4.90 Å². The Morgan fingerprint density at radius 2 is 2.05 bits per heavy atom. The first-order chi connectivity index (χ1) is 9.49. The number of amides is 1. The number of hydrogen-bond donors (Lipinski definition) is 1. The summed E-state index contributed by atoms with van der Waals surface area (Å²) in [6, 6.07) is 7.06. The average molecular weight is 278 g/mol. The standard InChI is InChI=1S/C15H22N2O3/c1-10(2)14(16)15(18)17(3)8-11-9-19-12-6-4-5-7-13(12)20-11/h4-7,10-11,14H,8-9,16H2,1-3H3/t11-,14?/m0/s1. The van der Waals surface area contributed by atoms with Gasteiger partial charge in [-0.2, -0.15) is 0 Å². The molecule has 0 spiro atoms. The number of ether oxygens (including phenoxy) is 2. The van der Waals surface area contributed by atoms with Gasteiger partial charge >= 0.3 is 0 Å². The van der Waals surface area contributed by atoms with E-state index in [1.54, 1.807) is 11.9 Å². The van der Waals surface area contributed by atoms with Crippen molar-refractivity contribution in [3.63, 3.8) is 0 Å². The summed E-state index contributed by atoms with van der Waals surface area (Å²) in [6.45, 7) is 4.78. The molecule has 1 aromatic rings. The molecule has 0 bridgehead atoms. The van der Waals surface area contributed by atoms with E-state index in [1.165, 1.54) is 0 Å². The van der Waals surface area contributed by atoms with E-state index in [4.69, 9.17) is 15.2 Å². The van der Waals surface area contributed by atoms with Crippen LogP contribution in [-0.2, 0) is 4.79 Å². The number of carbonyl (C=O) groups excluding carboxylic acids is 1. The van der Waals surface area contributed by atoms with Crippen molar-refractivity contribution in [1.29, 1.82) is 0 Å². The Morgan fingerprint density at radius 1 is 1.40 bits per heavy atom. The van der Waals surface area contributed by atoms with Crippen LogP contribution in [0.15, 0.2) is 24.3 Å². The number of nitrogens with two attached hydrogens (primary N) is 1. The molecule has 2 rings (SSSR count). The molecule has 2 N–H and O–H groups in total. The topological polar surface area (TPSA) is 64.8 Å². The maximum absolute atomic E-state index is 12.1. The molecule has 1 aromatic carbocycles. The monoisotopic (exact) mass is 278 g/mol. The van der Waals surface area contributed by atoms with Gasteiger partial charge in [0.25, 0.3) is 0 Å². The lowest BCUT2D eigenvalue weighted by Gasteiger charge is -2.31. The molecule has 0 aromatic heterocycles. The molecule has 1 aliphatic rings. The fourth-order valence-electron chi connectivity index (χ4n) is 2.09. The van der Waals surface area contributed by atoms with Gasteiger partial charge in [0.05, 0.1) is 12.6 Å². The van der Waals surface area contributed by atoms with E-state index >= 15 is 0 Å². The Labute approximate surface area is 119 Å². The lowest BCUT2D eigenvalue weighted by Crippen LogP contribution is -2.49. The number of hydrogen-bond acceptors (Lipinski definition) is 4. The summed E-state index contributed by atoms with van der Waals surface area (Å²) >= 11 is 0. The van der Waals surface area contributed by atoms with Crippen LogP contribution < -0.4 is 15.2 Å². The molecule has 0 fully saturated rings. The number of fused-ring (bicyclic) bond motifs is 1. The lowest BCUT2D eigenvalue weighted by atomic mass is 10.0. The molecule has 5 heteroatoms. The summed E-state index contributed by atoms with van der Waals surface area (Å²) in [5.41, 5.74) is 5.88. The molecular weight excluding hydrogens is 256 g/mol. The van der Waals surface area contributed by atoms with Gasteiger partial charge in [0.15, 0.2) is 17.6 Å². The van der Waals surface area contributed by atoms with E-state index < -0.39 is 6.04 Å². The predicted molar refractivity (Wildman–Crippen MR) is 76.8 cm³/mol. The van der Waals surface area contributed by atoms with Crippen LogP contribution in [0, 0.1) is 5.92 Å². The van der Waals surface area contributed by atoms with Crippen LogP contribution in [0.25, 0.3) is 0 Å². The van der Waals surface area contributed by atoms with Gasteiger partial charge < -0.3 is 20.1 Å². The first-order valence-electron chi connectivity index (χ1n) is 6.88. The van der Waals surface area contributed by atoms with Gasteiger partial charge in [-0.15, -0.1) is 0 Å². The van der Waals surface area contributed by atoms with Crippen LogP contribution >= 0.6 is 0 Å². The normalized spacial score (nSPS) is 18.8. The van der Waals surface area contributed by atoms with Crippen LogP contribution in [0.5, 0.6) is 11.5 Å². The first kappa shape index (κ1) is 14.7. The Balaban J connectivity index is 1.93. The summed E-state index contributed by atoms with van der Waals surface area (Å²) in [5.74, 6) is 1.52. The molecule has 110 valence electrons. The molecule has 0 radical (unpaired) electrons. The van der Waals surface area contributed by atoms with Gasteiger partial charge in [0, 0.05) is 7.05 Å². The molecule has 20 heavy (non-hydrogen) atoms. The molecule has 1 heterocycles. The molecule has 2 atom stereocenters. The van der Waals surface area contributed by atoms with E-state index in [9.17, 15) is 4.79 Å². The highest BCUT2D eigenvalue weighted by atomic mass is 16.6. The SMILES string of the molecule is CC(C)C(N)C(=O)N(C)C[C@H]1COc2ccccc2O1. The van der Waals surface area contributed by atoms with Crippen molar-refractivity contribution >= 4 is 5.91 Å². The summed E-state index contributed by atoms with van der Waals surface area (Å²) in [5, 5.41) is 0. The zero-order valence-electron chi connectivity index (χ0n) is 12.2. The molecule has 5 nitrogen and oxygen atoms in total. The molecule has 1 unspecified atom stereocenters. The van der Waals surface area contributed by atoms with E-state index in [2.05, 4.69) is 0 Å². The largest absolute Gasteiger partial charge is 0.486 e. The summed E-state index contributed by atoms with van der Waals surface area (Å²) < 4.78 is 11.5. The Hall–Kier alpha value is -1.75. The minimum absolute atomic E-state index is 0.0672. The van der Waals surface area contributed by atoms with Crippen molar-refractivity contribution < 1.29 is 14.3 Å². The molecular formula is C15H22N2O3. The summed E-state index contributed by atoms with van der Waals surface area (Å²) in [7, 11) is 1.74. The smallest absolute Gasteiger partial charge is 0.239 e. The molecule has 0 aliphatic carbocycles. The van der Waals surface area contributed by atoms with Crippen LogP contribution in [0.1, 0.15) is 13.8 Å². The quantitative estimate of drug-likeness (QED) is 0.900. The average Bonchev–Trinajstić information content (AvgIpc) is 2.45. The van der Waals surface area contributed by atoms with Crippen molar-refractivity contribution in [3.05, 3.63) is 24.3 Å². The Bertz CT molecular complexity index is 476. The highest BCUT2D eigenvalue weighted by Gasteiger charge is 2.26. The number of likely N-dealkylation sites (N-methyl/N-ethyl adjacent to an activating group) is 1. The Morgan fingerprint density at radius 3 is 2.70 bits per heavy atom. The molecule has 1 amide bonds. The van der Waals surface area contributed by atoms with Gasteiger partial charge in [-0.3, -0.25) is 4.79 Å². The van der Waals surface area contributed by atoms with Gasteiger partial charge in [0.1, 0.15) is 6.61 Å².